The van der Waals surface area contributed by atoms with Crippen LogP contribution >= 0.6 is 0 Å². The highest BCUT2D eigenvalue weighted by Gasteiger charge is 1.92. The molecule has 0 aliphatic rings. The minimum atomic E-state index is 1.04. The van der Waals surface area contributed by atoms with Gasteiger partial charge in [-0.2, -0.15) is 5.73 Å². The van der Waals surface area contributed by atoms with Crippen LogP contribution in [-0.4, -0.2) is 0 Å². The second-order valence-corrected chi connectivity index (χ2v) is 5.06. The molecule has 0 fully saturated rings. The van der Waals surface area contributed by atoms with Crippen LogP contribution in [0.3, 0.4) is 0 Å². The fourth-order valence-corrected chi connectivity index (χ4v) is 2.18. The largest absolute Gasteiger partial charge is 0.160 e. The third kappa shape index (κ3) is 15.5. The molecular weight excluding hydrogens is 206 g/mol. The van der Waals surface area contributed by atoms with Crippen LogP contribution in [0.2, 0.25) is 0 Å². The Balaban J connectivity index is 2.89. The average molecular weight is 237 g/mol. The molecule has 0 aliphatic heterocycles. The molecule has 1 heteroatoms. The van der Waals surface area contributed by atoms with Crippen LogP contribution in [0.25, 0.3) is 0 Å². The molecule has 100 valence electrons. The van der Waals surface area contributed by atoms with Gasteiger partial charge in [-0.1, -0.05) is 83.6 Å². The van der Waals surface area contributed by atoms with Crippen molar-refractivity contribution < 1.29 is 0 Å². The van der Waals surface area contributed by atoms with E-state index in [9.17, 15) is 0 Å². The topological polar surface area (TPSA) is 22.3 Å². The van der Waals surface area contributed by atoms with E-state index >= 15 is 0 Å². The highest BCUT2D eigenvalue weighted by molar-refractivity contribution is 4.74. The molecule has 2 radical (unpaired) electrons. The highest BCUT2D eigenvalue weighted by atomic mass is 14.5. The molecule has 0 aliphatic carbocycles. The molecule has 0 rings (SSSR count). The summed E-state index contributed by atoms with van der Waals surface area (Å²) in [6, 6.07) is 0. The van der Waals surface area contributed by atoms with Gasteiger partial charge in [-0.25, -0.2) is 0 Å². The van der Waals surface area contributed by atoms with E-state index in [1.165, 1.54) is 83.2 Å². The van der Waals surface area contributed by atoms with E-state index in [0.717, 1.165) is 6.42 Å². The molecular formula is C16H31N. The van der Waals surface area contributed by atoms with E-state index in [0.29, 0.717) is 0 Å². The van der Waals surface area contributed by atoms with Crippen LogP contribution < -0.4 is 5.73 Å². The zero-order chi connectivity index (χ0) is 12.6. The molecule has 0 aromatic heterocycles. The van der Waals surface area contributed by atoms with Crippen molar-refractivity contribution in [1.29, 1.82) is 0 Å². The van der Waals surface area contributed by atoms with Crippen molar-refractivity contribution in [2.24, 2.45) is 0 Å². The summed E-state index contributed by atoms with van der Waals surface area (Å²) < 4.78 is 0. The molecule has 0 spiro atoms. The zero-order valence-electron chi connectivity index (χ0n) is 11.8. The van der Waals surface area contributed by atoms with Gasteiger partial charge in [0.25, 0.3) is 0 Å². The van der Waals surface area contributed by atoms with Gasteiger partial charge in [0.05, 0.1) is 0 Å². The van der Waals surface area contributed by atoms with Gasteiger partial charge >= 0.3 is 0 Å². The van der Waals surface area contributed by atoms with Crippen molar-refractivity contribution in [3.8, 4) is 0 Å². The van der Waals surface area contributed by atoms with Crippen molar-refractivity contribution in [3.63, 3.8) is 0 Å². The summed E-state index contributed by atoms with van der Waals surface area (Å²) in [5.74, 6) is 0. The smallest absolute Gasteiger partial charge is 0.0455 e. The van der Waals surface area contributed by atoms with Gasteiger partial charge in [0, 0.05) is 6.20 Å². The van der Waals surface area contributed by atoms with Gasteiger partial charge in [-0.05, 0) is 12.8 Å². The standard InChI is InChI=1S/C16H31N/c1-2-3-4-5-6-7-8-9-10-11-12-13-14-15-16-17/h15-16H,2-14H2,1H3. The number of hydrogen-bond acceptors (Lipinski definition) is 0. The van der Waals surface area contributed by atoms with Crippen LogP contribution in [0.5, 0.6) is 0 Å². The molecule has 0 bridgehead atoms. The molecule has 0 saturated carbocycles. The lowest BCUT2D eigenvalue weighted by molar-refractivity contribution is 0.545. The van der Waals surface area contributed by atoms with Crippen molar-refractivity contribution in [3.05, 3.63) is 12.3 Å². The van der Waals surface area contributed by atoms with E-state index in [4.69, 9.17) is 5.73 Å². The van der Waals surface area contributed by atoms with E-state index in [1.54, 1.807) is 0 Å². The summed E-state index contributed by atoms with van der Waals surface area (Å²) in [5.41, 5.74) is 8.46. The first kappa shape index (κ1) is 16.5. The summed E-state index contributed by atoms with van der Waals surface area (Å²) in [4.78, 5) is 0. The lowest BCUT2D eigenvalue weighted by Gasteiger charge is -2.02. The number of rotatable bonds is 13. The average Bonchev–Trinajstić information content (AvgIpc) is 2.35. The first-order valence-electron chi connectivity index (χ1n) is 7.71. The Bertz CT molecular complexity index is 152. The molecule has 0 amide bonds. The second kappa shape index (κ2) is 15.5. The maximum atomic E-state index is 8.46. The van der Waals surface area contributed by atoms with Crippen molar-refractivity contribution in [1.82, 2.24) is 5.73 Å². The fourth-order valence-electron chi connectivity index (χ4n) is 2.18. The monoisotopic (exact) mass is 237 g/mol. The lowest BCUT2D eigenvalue weighted by atomic mass is 10.0. The van der Waals surface area contributed by atoms with Crippen LogP contribution in [0, 0.1) is 0 Å². The summed E-state index contributed by atoms with van der Waals surface area (Å²) in [6.07, 6.45) is 20.8. The normalized spacial score (nSPS) is 11.4. The van der Waals surface area contributed by atoms with Gasteiger partial charge < -0.3 is 0 Å². The molecule has 1 nitrogen and oxygen atoms in total. The zero-order valence-corrected chi connectivity index (χ0v) is 11.8. The van der Waals surface area contributed by atoms with E-state index in [-0.39, 0.29) is 0 Å². The molecule has 0 atom stereocenters. The third-order valence-electron chi connectivity index (χ3n) is 3.33. The number of allylic oxidation sites excluding steroid dienone is 1. The van der Waals surface area contributed by atoms with Gasteiger partial charge in [0.2, 0.25) is 0 Å². The van der Waals surface area contributed by atoms with Crippen LogP contribution in [-0.2, 0) is 0 Å². The Hall–Kier alpha value is -0.460. The van der Waals surface area contributed by atoms with Crippen molar-refractivity contribution in [2.75, 3.05) is 0 Å². The van der Waals surface area contributed by atoms with Gasteiger partial charge in [-0.15, -0.1) is 0 Å². The first-order chi connectivity index (χ1) is 8.41. The highest BCUT2D eigenvalue weighted by Crippen LogP contribution is 2.12. The predicted octanol–water partition coefficient (Wildman–Crippen LogP) is 5.66. The van der Waals surface area contributed by atoms with E-state index < -0.39 is 0 Å². The maximum Gasteiger partial charge on any atom is 0.0455 e. The van der Waals surface area contributed by atoms with Gasteiger partial charge in [-0.3, -0.25) is 0 Å². The Morgan fingerprint density at radius 3 is 1.47 bits per heavy atom. The SMILES string of the molecule is CCCCCCCCCCCCCCC=C[N]. The van der Waals surface area contributed by atoms with Crippen molar-refractivity contribution >= 4 is 0 Å². The molecule has 0 N–H and O–H groups in total. The molecule has 0 heterocycles. The molecule has 0 aromatic carbocycles. The molecule has 0 unspecified atom stereocenters. The number of unbranched alkanes of at least 4 members (excludes halogenated alkanes) is 12. The van der Waals surface area contributed by atoms with Gasteiger partial charge in [0.15, 0.2) is 0 Å². The van der Waals surface area contributed by atoms with Crippen LogP contribution in [0.15, 0.2) is 12.3 Å². The van der Waals surface area contributed by atoms with Crippen LogP contribution in [0.1, 0.15) is 90.4 Å². The second-order valence-electron chi connectivity index (χ2n) is 5.06. The number of hydrogen-bond donors (Lipinski definition) is 0. The Kier molecular flexibility index (Phi) is 15.1. The van der Waals surface area contributed by atoms with Crippen molar-refractivity contribution in [2.45, 2.75) is 90.4 Å². The summed E-state index contributed by atoms with van der Waals surface area (Å²) in [6.45, 7) is 2.27. The molecule has 17 heavy (non-hydrogen) atoms. The lowest BCUT2D eigenvalue weighted by Crippen LogP contribution is -1.82. The first-order valence-corrected chi connectivity index (χ1v) is 7.71. The fraction of sp³-hybridized carbons (Fsp3) is 0.875. The summed E-state index contributed by atoms with van der Waals surface area (Å²) in [7, 11) is 0. The van der Waals surface area contributed by atoms with Crippen LogP contribution in [0.4, 0.5) is 0 Å². The molecule has 0 aromatic rings. The number of nitrogens with zero attached hydrogens (tertiary/aromatic N) is 1. The van der Waals surface area contributed by atoms with Gasteiger partial charge in [0.1, 0.15) is 0 Å². The van der Waals surface area contributed by atoms with E-state index in [1.807, 2.05) is 6.08 Å². The summed E-state index contributed by atoms with van der Waals surface area (Å²) >= 11 is 0. The Morgan fingerprint density at radius 2 is 1.06 bits per heavy atom. The predicted molar refractivity (Wildman–Crippen MR) is 77.0 cm³/mol. The van der Waals surface area contributed by atoms with E-state index in [2.05, 4.69) is 6.92 Å². The molecule has 0 saturated heterocycles. The Labute approximate surface area is 109 Å². The summed E-state index contributed by atoms with van der Waals surface area (Å²) in [5, 5.41) is 0. The minimum absolute atomic E-state index is 1.04. The Morgan fingerprint density at radius 1 is 0.647 bits per heavy atom. The quantitative estimate of drug-likeness (QED) is 0.369. The third-order valence-corrected chi connectivity index (χ3v) is 3.33. The minimum Gasteiger partial charge on any atom is -0.160 e. The maximum absolute atomic E-state index is 8.46.